The first-order valence-electron chi connectivity index (χ1n) is 4.12. The lowest BCUT2D eigenvalue weighted by Crippen LogP contribution is -2.10. The highest BCUT2D eigenvalue weighted by molar-refractivity contribution is 6.31. The number of hydrogen-bond donors (Lipinski definition) is 1. The van der Waals surface area contributed by atoms with Gasteiger partial charge in [-0.2, -0.15) is 5.26 Å². The molecule has 6 heteroatoms. The standard InChI is InChI=1S/C9H8ClN3O2/c10-8-2-1-6(13(14)15)5-7(8)9(12)3-4-11/h1-2,5,9H,3,12H2/t9-/m0/s1. The van der Waals surface area contributed by atoms with E-state index in [1.807, 2.05) is 6.07 Å². The summed E-state index contributed by atoms with van der Waals surface area (Å²) in [5.74, 6) is 0. The first-order valence-corrected chi connectivity index (χ1v) is 4.50. The van der Waals surface area contributed by atoms with Crippen LogP contribution in [0.25, 0.3) is 0 Å². The highest BCUT2D eigenvalue weighted by Crippen LogP contribution is 2.27. The fourth-order valence-corrected chi connectivity index (χ4v) is 1.39. The van der Waals surface area contributed by atoms with Gasteiger partial charge in [-0.25, -0.2) is 0 Å². The fraction of sp³-hybridized carbons (Fsp3) is 0.222. The van der Waals surface area contributed by atoms with Crippen molar-refractivity contribution < 1.29 is 4.92 Å². The summed E-state index contributed by atoms with van der Waals surface area (Å²) in [4.78, 5) is 9.97. The molecule has 0 aromatic heterocycles. The van der Waals surface area contributed by atoms with Crippen molar-refractivity contribution in [1.29, 1.82) is 5.26 Å². The van der Waals surface area contributed by atoms with Crippen molar-refractivity contribution in [2.24, 2.45) is 5.73 Å². The van der Waals surface area contributed by atoms with Crippen LogP contribution in [0.3, 0.4) is 0 Å². The molecule has 1 aromatic rings. The van der Waals surface area contributed by atoms with E-state index in [1.165, 1.54) is 18.2 Å². The molecule has 0 spiro atoms. The summed E-state index contributed by atoms with van der Waals surface area (Å²) in [6, 6.07) is 5.29. The zero-order valence-electron chi connectivity index (χ0n) is 7.68. The Morgan fingerprint density at radius 3 is 2.87 bits per heavy atom. The van der Waals surface area contributed by atoms with Crippen molar-refractivity contribution in [3.05, 3.63) is 38.9 Å². The lowest BCUT2D eigenvalue weighted by Gasteiger charge is -2.09. The van der Waals surface area contributed by atoms with Crippen molar-refractivity contribution in [3.63, 3.8) is 0 Å². The molecule has 0 aliphatic rings. The number of non-ortho nitro benzene ring substituents is 1. The molecule has 0 aliphatic carbocycles. The number of benzene rings is 1. The fourth-order valence-electron chi connectivity index (χ4n) is 1.14. The molecule has 0 aliphatic heterocycles. The van der Waals surface area contributed by atoms with Gasteiger partial charge in [-0.1, -0.05) is 11.6 Å². The lowest BCUT2D eigenvalue weighted by atomic mass is 10.0. The van der Waals surface area contributed by atoms with E-state index in [9.17, 15) is 10.1 Å². The molecule has 0 unspecified atom stereocenters. The number of nitro groups is 1. The van der Waals surface area contributed by atoms with E-state index in [1.54, 1.807) is 0 Å². The summed E-state index contributed by atoms with van der Waals surface area (Å²) in [6.45, 7) is 0. The molecule has 5 nitrogen and oxygen atoms in total. The van der Waals surface area contributed by atoms with Crippen LogP contribution in [0.5, 0.6) is 0 Å². The Labute approximate surface area is 91.2 Å². The first-order chi connectivity index (χ1) is 7.06. The molecule has 1 atom stereocenters. The summed E-state index contributed by atoms with van der Waals surface area (Å²) in [5, 5.41) is 19.3. The average Bonchev–Trinajstić information content (AvgIpc) is 2.18. The number of halogens is 1. The molecule has 0 fully saturated rings. The predicted octanol–water partition coefficient (Wildman–Crippen LogP) is 2.16. The molecule has 0 saturated heterocycles. The van der Waals surface area contributed by atoms with Crippen LogP contribution in [0.1, 0.15) is 18.0 Å². The Morgan fingerprint density at radius 2 is 2.33 bits per heavy atom. The van der Waals surface area contributed by atoms with Crippen LogP contribution in [-0.2, 0) is 0 Å². The van der Waals surface area contributed by atoms with Gasteiger partial charge in [-0.05, 0) is 11.6 Å². The summed E-state index contributed by atoms with van der Waals surface area (Å²) in [6.07, 6.45) is 0.0703. The quantitative estimate of drug-likeness (QED) is 0.630. The molecule has 0 radical (unpaired) electrons. The molecule has 15 heavy (non-hydrogen) atoms. The maximum Gasteiger partial charge on any atom is 0.269 e. The lowest BCUT2D eigenvalue weighted by molar-refractivity contribution is -0.384. The average molecular weight is 226 g/mol. The van der Waals surface area contributed by atoms with Crippen LogP contribution < -0.4 is 5.73 Å². The minimum absolute atomic E-state index is 0.0703. The van der Waals surface area contributed by atoms with E-state index in [4.69, 9.17) is 22.6 Å². The number of hydrogen-bond acceptors (Lipinski definition) is 4. The maximum absolute atomic E-state index is 10.5. The minimum atomic E-state index is -0.595. The topological polar surface area (TPSA) is 93.0 Å². The van der Waals surface area contributed by atoms with Crippen molar-refractivity contribution in [2.45, 2.75) is 12.5 Å². The summed E-state index contributed by atoms with van der Waals surface area (Å²) < 4.78 is 0. The zero-order valence-corrected chi connectivity index (χ0v) is 8.44. The van der Waals surface area contributed by atoms with Crippen molar-refractivity contribution >= 4 is 17.3 Å². The van der Waals surface area contributed by atoms with Gasteiger partial charge in [0.25, 0.3) is 5.69 Å². The van der Waals surface area contributed by atoms with Crippen LogP contribution in [0, 0.1) is 21.4 Å². The number of nitrogens with zero attached hydrogens (tertiary/aromatic N) is 2. The maximum atomic E-state index is 10.5. The molecule has 0 amide bonds. The Morgan fingerprint density at radius 1 is 1.67 bits per heavy atom. The third-order valence-corrected chi connectivity index (χ3v) is 2.25. The Balaban J connectivity index is 3.11. The Kier molecular flexibility index (Phi) is 3.61. The van der Waals surface area contributed by atoms with Crippen LogP contribution in [0.15, 0.2) is 18.2 Å². The third-order valence-electron chi connectivity index (χ3n) is 1.90. The van der Waals surface area contributed by atoms with Gasteiger partial charge in [0.15, 0.2) is 0 Å². The van der Waals surface area contributed by atoms with Crippen molar-refractivity contribution in [2.75, 3.05) is 0 Å². The normalized spacial score (nSPS) is 11.8. The van der Waals surface area contributed by atoms with Crippen LogP contribution in [0.4, 0.5) is 5.69 Å². The molecule has 78 valence electrons. The smallest absolute Gasteiger partial charge is 0.269 e. The number of rotatable bonds is 3. The van der Waals surface area contributed by atoms with Crippen LogP contribution >= 0.6 is 11.6 Å². The second-order valence-corrected chi connectivity index (χ2v) is 3.34. The highest BCUT2D eigenvalue weighted by atomic mass is 35.5. The summed E-state index contributed by atoms with van der Waals surface area (Å²) in [5.41, 5.74) is 5.99. The molecule has 0 heterocycles. The third kappa shape index (κ3) is 2.65. The van der Waals surface area contributed by atoms with Gasteiger partial charge >= 0.3 is 0 Å². The molecule has 0 saturated carbocycles. The SMILES string of the molecule is N#CC[C@H](N)c1cc([N+](=O)[O-])ccc1Cl. The molecule has 0 bridgehead atoms. The number of nitrogens with two attached hydrogens (primary N) is 1. The van der Waals surface area contributed by atoms with Crippen molar-refractivity contribution in [3.8, 4) is 6.07 Å². The van der Waals surface area contributed by atoms with Gasteiger partial charge < -0.3 is 5.73 Å². The van der Waals surface area contributed by atoms with E-state index in [2.05, 4.69) is 0 Å². The van der Waals surface area contributed by atoms with Crippen LogP contribution in [0.2, 0.25) is 5.02 Å². The van der Waals surface area contributed by atoms with Crippen molar-refractivity contribution in [1.82, 2.24) is 0 Å². The van der Waals surface area contributed by atoms with Gasteiger partial charge in [0, 0.05) is 23.2 Å². The predicted molar refractivity (Wildman–Crippen MR) is 55.3 cm³/mol. The van der Waals surface area contributed by atoms with Gasteiger partial charge in [0.05, 0.1) is 17.4 Å². The van der Waals surface area contributed by atoms with E-state index in [0.717, 1.165) is 0 Å². The molecule has 1 rings (SSSR count). The first kappa shape index (κ1) is 11.4. The molecule has 1 aromatic carbocycles. The monoisotopic (exact) mass is 225 g/mol. The molecule has 2 N–H and O–H groups in total. The van der Waals surface area contributed by atoms with Gasteiger partial charge in [0.2, 0.25) is 0 Å². The Hall–Kier alpha value is -1.64. The van der Waals surface area contributed by atoms with Gasteiger partial charge in [0.1, 0.15) is 0 Å². The molecular weight excluding hydrogens is 218 g/mol. The summed E-state index contributed by atoms with van der Waals surface area (Å²) in [7, 11) is 0. The number of nitro benzene ring substituents is 1. The summed E-state index contributed by atoms with van der Waals surface area (Å²) >= 11 is 5.82. The van der Waals surface area contributed by atoms with E-state index in [-0.39, 0.29) is 12.1 Å². The zero-order chi connectivity index (χ0) is 11.4. The largest absolute Gasteiger partial charge is 0.323 e. The van der Waals surface area contributed by atoms with E-state index >= 15 is 0 Å². The van der Waals surface area contributed by atoms with E-state index in [0.29, 0.717) is 10.6 Å². The second-order valence-electron chi connectivity index (χ2n) is 2.93. The van der Waals surface area contributed by atoms with E-state index < -0.39 is 11.0 Å². The van der Waals surface area contributed by atoms with Gasteiger partial charge in [-0.3, -0.25) is 10.1 Å². The number of nitriles is 1. The minimum Gasteiger partial charge on any atom is -0.323 e. The van der Waals surface area contributed by atoms with Crippen LogP contribution in [-0.4, -0.2) is 4.92 Å². The second kappa shape index (κ2) is 4.73. The molecular formula is C9H8ClN3O2. The Bertz CT molecular complexity index is 428. The highest BCUT2D eigenvalue weighted by Gasteiger charge is 2.14. The van der Waals surface area contributed by atoms with Gasteiger partial charge in [-0.15, -0.1) is 0 Å².